The van der Waals surface area contributed by atoms with Crippen molar-refractivity contribution in [3.8, 4) is 0 Å². The molecule has 0 aromatic carbocycles. The summed E-state index contributed by atoms with van der Waals surface area (Å²) in [6, 6.07) is 1.94. The molecule has 2 fully saturated rings. The molecule has 0 radical (unpaired) electrons. The Bertz CT molecular complexity index is 980. The van der Waals surface area contributed by atoms with E-state index < -0.39 is 17.3 Å². The smallest absolute Gasteiger partial charge is 0.311 e. The lowest BCUT2D eigenvalue weighted by Gasteiger charge is -2.39. The summed E-state index contributed by atoms with van der Waals surface area (Å²) < 4.78 is 29.1. The molecular formula is C23H32F2N4O2. The van der Waals surface area contributed by atoms with Crippen LogP contribution in [0.25, 0.3) is 5.65 Å². The maximum Gasteiger partial charge on any atom is 0.311 e. The van der Waals surface area contributed by atoms with E-state index in [0.29, 0.717) is 25.8 Å². The van der Waals surface area contributed by atoms with E-state index in [9.17, 15) is 18.7 Å². The number of carboxylic acids is 1. The number of carbonyl (C=O) groups is 1. The number of rotatable bonds is 5. The van der Waals surface area contributed by atoms with Crippen LogP contribution in [0, 0.1) is 5.41 Å². The van der Waals surface area contributed by atoms with Crippen LogP contribution in [0.3, 0.4) is 0 Å². The van der Waals surface area contributed by atoms with Gasteiger partial charge in [-0.05, 0) is 45.4 Å². The normalized spacial score (nSPS) is 24.6. The van der Waals surface area contributed by atoms with Gasteiger partial charge >= 0.3 is 5.97 Å². The zero-order valence-electron chi connectivity index (χ0n) is 18.6. The third-order valence-corrected chi connectivity index (χ3v) is 7.11. The Morgan fingerprint density at radius 1 is 1.23 bits per heavy atom. The summed E-state index contributed by atoms with van der Waals surface area (Å²) in [6.07, 6.45) is 3.63. The molecule has 0 bridgehead atoms. The predicted molar refractivity (Wildman–Crippen MR) is 115 cm³/mol. The van der Waals surface area contributed by atoms with Crippen LogP contribution < -0.4 is 4.90 Å². The maximum atomic E-state index is 13.6. The number of anilines is 1. The first-order chi connectivity index (χ1) is 14.7. The minimum Gasteiger partial charge on any atom is -0.481 e. The van der Waals surface area contributed by atoms with Crippen LogP contribution in [0.2, 0.25) is 0 Å². The molecule has 0 unspecified atom stereocenters. The fourth-order valence-corrected chi connectivity index (χ4v) is 5.20. The van der Waals surface area contributed by atoms with Gasteiger partial charge in [0.25, 0.3) is 0 Å². The van der Waals surface area contributed by atoms with Crippen molar-refractivity contribution in [1.29, 1.82) is 0 Å². The van der Waals surface area contributed by atoms with Crippen molar-refractivity contribution < 1.29 is 18.7 Å². The van der Waals surface area contributed by atoms with Crippen LogP contribution in [0.15, 0.2) is 6.07 Å². The first-order valence-electron chi connectivity index (χ1n) is 11.4. The molecule has 0 spiro atoms. The fourth-order valence-electron chi connectivity index (χ4n) is 5.20. The van der Waals surface area contributed by atoms with Crippen LogP contribution in [-0.4, -0.2) is 44.7 Å². The number of aromatic nitrogens is 3. The summed E-state index contributed by atoms with van der Waals surface area (Å²) in [5.41, 5.74) is 2.82. The van der Waals surface area contributed by atoms with Crippen LogP contribution in [0.1, 0.15) is 82.2 Å². The number of nitrogens with zero attached hydrogens (tertiary/aromatic N) is 4. The Morgan fingerprint density at radius 2 is 1.94 bits per heavy atom. The summed E-state index contributed by atoms with van der Waals surface area (Å²) in [6.45, 7) is 7.15. The lowest BCUT2D eigenvalue weighted by atomic mass is 9.82. The van der Waals surface area contributed by atoms with Gasteiger partial charge in [0.2, 0.25) is 5.92 Å². The van der Waals surface area contributed by atoms with E-state index in [-0.39, 0.29) is 18.8 Å². The second-order valence-electron chi connectivity index (χ2n) is 9.43. The Morgan fingerprint density at radius 3 is 2.55 bits per heavy atom. The van der Waals surface area contributed by atoms with Gasteiger partial charge in [-0.25, -0.2) is 13.8 Å². The zero-order chi connectivity index (χ0) is 22.4. The van der Waals surface area contributed by atoms with Gasteiger partial charge in [-0.3, -0.25) is 4.79 Å². The SMILES string of the molecule is CCc1nc2cc(C3CCC(F)(F)CC3)nn2c(N2CCC[C@@](C)(C(=O)O)C2)c1CC. The lowest BCUT2D eigenvalue weighted by Crippen LogP contribution is -2.47. The molecule has 2 aromatic rings. The molecular weight excluding hydrogens is 402 g/mol. The number of halogens is 2. The van der Waals surface area contributed by atoms with Crippen molar-refractivity contribution >= 4 is 17.4 Å². The van der Waals surface area contributed by atoms with Crippen molar-refractivity contribution in [2.24, 2.45) is 5.41 Å². The highest BCUT2D eigenvalue weighted by Gasteiger charge is 2.40. The molecule has 3 heterocycles. The fraction of sp³-hybridized carbons (Fsp3) is 0.696. The van der Waals surface area contributed by atoms with Gasteiger partial charge in [0, 0.05) is 49.2 Å². The lowest BCUT2D eigenvalue weighted by molar-refractivity contribution is -0.148. The number of hydrogen-bond acceptors (Lipinski definition) is 4. The van der Waals surface area contributed by atoms with Crippen LogP contribution in [0.4, 0.5) is 14.6 Å². The number of aliphatic carboxylic acids is 1. The van der Waals surface area contributed by atoms with E-state index in [1.165, 1.54) is 0 Å². The van der Waals surface area contributed by atoms with Gasteiger partial charge in [-0.2, -0.15) is 9.61 Å². The summed E-state index contributed by atoms with van der Waals surface area (Å²) in [5, 5.41) is 14.7. The first-order valence-corrected chi connectivity index (χ1v) is 11.4. The third kappa shape index (κ3) is 4.01. The Kier molecular flexibility index (Phi) is 5.68. The molecule has 1 atom stereocenters. The molecule has 1 aliphatic heterocycles. The molecule has 4 rings (SSSR count). The summed E-state index contributed by atoms with van der Waals surface area (Å²) in [4.78, 5) is 18.9. The molecule has 1 saturated heterocycles. The van der Waals surface area contributed by atoms with Crippen molar-refractivity contribution in [3.63, 3.8) is 0 Å². The van der Waals surface area contributed by atoms with Gasteiger partial charge in [0.1, 0.15) is 5.82 Å². The van der Waals surface area contributed by atoms with Crippen molar-refractivity contribution in [2.45, 2.75) is 84.0 Å². The highest BCUT2D eigenvalue weighted by Crippen LogP contribution is 2.41. The molecule has 2 aliphatic rings. The monoisotopic (exact) mass is 434 g/mol. The van der Waals surface area contributed by atoms with Crippen LogP contribution in [0.5, 0.6) is 0 Å². The average Bonchev–Trinajstić information content (AvgIpc) is 3.15. The minimum atomic E-state index is -2.57. The quantitative estimate of drug-likeness (QED) is 0.729. The highest BCUT2D eigenvalue weighted by atomic mass is 19.3. The first kappa shape index (κ1) is 22.0. The molecule has 8 heteroatoms. The molecule has 6 nitrogen and oxygen atoms in total. The third-order valence-electron chi connectivity index (χ3n) is 7.11. The van der Waals surface area contributed by atoms with E-state index in [2.05, 4.69) is 18.7 Å². The standard InChI is InChI=1S/C23H32F2N4O2/c1-4-16-17(5-2)26-19-13-18(15-7-10-23(24,25)11-8-15)27-29(19)20(16)28-12-6-9-22(3,14-28)21(30)31/h13,15H,4-12,14H2,1-3H3,(H,30,31)/t22-/m1/s1. The average molecular weight is 435 g/mol. The number of hydrogen-bond donors (Lipinski definition) is 1. The van der Waals surface area contributed by atoms with Crippen molar-refractivity contribution in [3.05, 3.63) is 23.0 Å². The van der Waals surface area contributed by atoms with Gasteiger partial charge < -0.3 is 10.0 Å². The largest absolute Gasteiger partial charge is 0.481 e. The van der Waals surface area contributed by atoms with E-state index >= 15 is 0 Å². The summed E-state index contributed by atoms with van der Waals surface area (Å²) in [7, 11) is 0. The van der Waals surface area contributed by atoms with E-state index in [4.69, 9.17) is 10.1 Å². The zero-order valence-corrected chi connectivity index (χ0v) is 18.6. The van der Waals surface area contributed by atoms with Gasteiger partial charge in [0.15, 0.2) is 5.65 Å². The predicted octanol–water partition coefficient (Wildman–Crippen LogP) is 4.84. The van der Waals surface area contributed by atoms with Crippen LogP contribution >= 0.6 is 0 Å². The number of carboxylic acid groups (broad SMARTS) is 1. The highest BCUT2D eigenvalue weighted by molar-refractivity contribution is 5.75. The van der Waals surface area contributed by atoms with Crippen molar-refractivity contribution in [1.82, 2.24) is 14.6 Å². The van der Waals surface area contributed by atoms with Gasteiger partial charge in [-0.15, -0.1) is 0 Å². The van der Waals surface area contributed by atoms with Gasteiger partial charge in [-0.1, -0.05) is 13.8 Å². The summed E-state index contributed by atoms with van der Waals surface area (Å²) >= 11 is 0. The Labute approximate surface area is 181 Å². The molecule has 0 amide bonds. The minimum absolute atomic E-state index is 0.00923. The second kappa shape index (κ2) is 8.02. The summed E-state index contributed by atoms with van der Waals surface area (Å²) in [5.74, 6) is -2.42. The number of fused-ring (bicyclic) bond motifs is 1. The topological polar surface area (TPSA) is 70.7 Å². The molecule has 2 aromatic heterocycles. The molecule has 1 aliphatic carbocycles. The molecule has 1 saturated carbocycles. The molecule has 31 heavy (non-hydrogen) atoms. The Balaban J connectivity index is 1.79. The molecule has 1 N–H and O–H groups in total. The second-order valence-corrected chi connectivity index (χ2v) is 9.43. The van der Waals surface area contributed by atoms with Crippen molar-refractivity contribution in [2.75, 3.05) is 18.0 Å². The van der Waals surface area contributed by atoms with E-state index in [1.807, 2.05) is 17.5 Å². The molecule has 170 valence electrons. The number of alkyl halides is 2. The maximum absolute atomic E-state index is 13.6. The number of aryl methyl sites for hydroxylation is 1. The van der Waals surface area contributed by atoms with E-state index in [0.717, 1.165) is 54.2 Å². The Hall–Kier alpha value is -2.25. The van der Waals surface area contributed by atoms with Crippen LogP contribution in [-0.2, 0) is 17.6 Å². The van der Waals surface area contributed by atoms with Gasteiger partial charge in [0.05, 0.1) is 11.1 Å². The number of piperidine rings is 1. The van der Waals surface area contributed by atoms with E-state index in [1.54, 1.807) is 0 Å².